The molecule has 20 heavy (non-hydrogen) atoms. The fraction of sp³-hybridized carbons (Fsp3) is 0.667. The number of phenols is 1. The molecular weight excluding hydrogens is 246 g/mol. The van der Waals surface area contributed by atoms with E-state index in [9.17, 15) is 5.11 Å². The predicted octanol–water partition coefficient (Wildman–Crippen LogP) is 3.55. The van der Waals surface area contributed by atoms with Gasteiger partial charge in [-0.2, -0.15) is 0 Å². The highest BCUT2D eigenvalue weighted by Gasteiger charge is 2.47. The molecule has 4 saturated carbocycles. The van der Waals surface area contributed by atoms with Gasteiger partial charge in [-0.25, -0.2) is 0 Å². The lowest BCUT2D eigenvalue weighted by Gasteiger charge is -2.54. The number of para-hydroxylation sites is 1. The van der Waals surface area contributed by atoms with Gasteiger partial charge in [-0.15, -0.1) is 0 Å². The van der Waals surface area contributed by atoms with Crippen molar-refractivity contribution in [1.29, 1.82) is 0 Å². The van der Waals surface area contributed by atoms with Crippen LogP contribution in [0.15, 0.2) is 24.3 Å². The van der Waals surface area contributed by atoms with Gasteiger partial charge < -0.3 is 10.4 Å². The van der Waals surface area contributed by atoms with Crippen LogP contribution in [0.1, 0.15) is 37.7 Å². The molecular formula is C18H25NO. The number of aromatic hydroxyl groups is 1. The van der Waals surface area contributed by atoms with E-state index < -0.39 is 0 Å². The molecule has 0 amide bonds. The zero-order valence-corrected chi connectivity index (χ0v) is 12.1. The van der Waals surface area contributed by atoms with Crippen molar-refractivity contribution >= 4 is 0 Å². The molecule has 0 heterocycles. The molecule has 4 aliphatic rings. The molecule has 0 aliphatic heterocycles. The lowest BCUT2D eigenvalue weighted by atomic mass is 9.52. The first-order chi connectivity index (χ1) is 9.79. The summed E-state index contributed by atoms with van der Waals surface area (Å²) in [7, 11) is 0. The van der Waals surface area contributed by atoms with Gasteiger partial charge in [0.15, 0.2) is 0 Å². The maximum Gasteiger partial charge on any atom is 0.120 e. The molecule has 4 fully saturated rings. The molecule has 4 aliphatic carbocycles. The summed E-state index contributed by atoms with van der Waals surface area (Å²) in [5.41, 5.74) is 1.02. The average Bonchev–Trinajstić information content (AvgIpc) is 2.43. The molecule has 1 aromatic carbocycles. The molecule has 2 nitrogen and oxygen atoms in total. The van der Waals surface area contributed by atoms with Crippen LogP contribution in [0.5, 0.6) is 5.75 Å². The van der Waals surface area contributed by atoms with E-state index in [1.165, 1.54) is 32.1 Å². The van der Waals surface area contributed by atoms with Crippen LogP contribution in [0, 0.1) is 29.6 Å². The standard InChI is InChI=1S/C18H25NO/c20-18-4-2-1-3-14(18)10-19-11-17-15-6-12-5-13(8-15)9-16(17)7-12/h1-4,12-13,15-17,19-20H,5-11H2. The van der Waals surface area contributed by atoms with Crippen LogP contribution in [0.4, 0.5) is 0 Å². The predicted molar refractivity (Wildman–Crippen MR) is 80.3 cm³/mol. The highest BCUT2D eigenvalue weighted by Crippen LogP contribution is 2.56. The van der Waals surface area contributed by atoms with Gasteiger partial charge in [0.05, 0.1) is 0 Å². The van der Waals surface area contributed by atoms with E-state index in [-0.39, 0.29) is 0 Å². The molecule has 2 heteroatoms. The molecule has 4 bridgehead atoms. The molecule has 0 atom stereocenters. The van der Waals surface area contributed by atoms with Crippen molar-refractivity contribution in [3.05, 3.63) is 29.8 Å². The minimum atomic E-state index is 0.421. The zero-order chi connectivity index (χ0) is 13.5. The zero-order valence-electron chi connectivity index (χ0n) is 12.1. The summed E-state index contributed by atoms with van der Waals surface area (Å²) in [6.45, 7) is 1.94. The average molecular weight is 271 g/mol. The van der Waals surface area contributed by atoms with Crippen molar-refractivity contribution in [3.8, 4) is 5.75 Å². The van der Waals surface area contributed by atoms with Crippen LogP contribution in [0.2, 0.25) is 0 Å². The second-order valence-electron chi connectivity index (χ2n) is 7.35. The Kier molecular flexibility index (Phi) is 3.22. The molecule has 108 valence electrons. The highest BCUT2D eigenvalue weighted by atomic mass is 16.3. The van der Waals surface area contributed by atoms with Crippen LogP contribution in [0.25, 0.3) is 0 Å². The summed E-state index contributed by atoms with van der Waals surface area (Å²) in [6, 6.07) is 7.68. The molecule has 0 saturated heterocycles. The fourth-order valence-electron chi connectivity index (χ4n) is 5.41. The maximum atomic E-state index is 9.81. The van der Waals surface area contributed by atoms with Crippen molar-refractivity contribution in [2.75, 3.05) is 6.54 Å². The Morgan fingerprint density at radius 1 is 0.950 bits per heavy atom. The maximum absolute atomic E-state index is 9.81. The Labute approximate surface area is 121 Å². The first-order valence-corrected chi connectivity index (χ1v) is 8.27. The van der Waals surface area contributed by atoms with Crippen molar-refractivity contribution in [1.82, 2.24) is 5.32 Å². The molecule has 0 spiro atoms. The Hall–Kier alpha value is -1.02. The fourth-order valence-corrected chi connectivity index (χ4v) is 5.41. The molecule has 0 radical (unpaired) electrons. The van der Waals surface area contributed by atoms with Crippen molar-refractivity contribution < 1.29 is 5.11 Å². The lowest BCUT2D eigenvalue weighted by Crippen LogP contribution is -2.48. The second-order valence-corrected chi connectivity index (χ2v) is 7.35. The largest absolute Gasteiger partial charge is 0.508 e. The Morgan fingerprint density at radius 2 is 1.60 bits per heavy atom. The normalized spacial score (nSPS) is 38.3. The Bertz CT molecular complexity index is 456. The molecule has 0 aromatic heterocycles. The third-order valence-electron chi connectivity index (χ3n) is 6.11. The number of hydrogen-bond acceptors (Lipinski definition) is 2. The van der Waals surface area contributed by atoms with Crippen LogP contribution in [-0.4, -0.2) is 11.7 Å². The van der Waals surface area contributed by atoms with Gasteiger partial charge in [0.2, 0.25) is 0 Å². The second kappa shape index (κ2) is 5.07. The molecule has 2 N–H and O–H groups in total. The number of benzene rings is 1. The van der Waals surface area contributed by atoms with E-state index in [2.05, 4.69) is 5.32 Å². The number of hydrogen-bond donors (Lipinski definition) is 2. The van der Waals surface area contributed by atoms with E-state index in [0.29, 0.717) is 5.75 Å². The van der Waals surface area contributed by atoms with Crippen molar-refractivity contribution in [2.45, 2.75) is 38.6 Å². The van der Waals surface area contributed by atoms with Crippen LogP contribution >= 0.6 is 0 Å². The first-order valence-electron chi connectivity index (χ1n) is 8.27. The summed E-state index contributed by atoms with van der Waals surface area (Å²) in [5.74, 6) is 5.42. The van der Waals surface area contributed by atoms with Gasteiger partial charge >= 0.3 is 0 Å². The lowest BCUT2D eigenvalue weighted by molar-refractivity contribution is -0.0355. The minimum absolute atomic E-state index is 0.421. The Balaban J connectivity index is 1.35. The number of rotatable bonds is 4. The number of nitrogens with one attached hydrogen (secondary N) is 1. The monoisotopic (exact) mass is 271 g/mol. The third kappa shape index (κ3) is 2.24. The van der Waals surface area contributed by atoms with E-state index in [4.69, 9.17) is 0 Å². The SMILES string of the molecule is Oc1ccccc1CNCC1C2CC3CC(C2)CC1C3. The van der Waals surface area contributed by atoms with E-state index >= 15 is 0 Å². The van der Waals surface area contributed by atoms with Gasteiger partial charge in [-0.05, 0) is 74.3 Å². The van der Waals surface area contributed by atoms with Crippen LogP contribution < -0.4 is 5.32 Å². The van der Waals surface area contributed by atoms with Gasteiger partial charge in [0.1, 0.15) is 5.75 Å². The smallest absolute Gasteiger partial charge is 0.120 e. The van der Waals surface area contributed by atoms with Gasteiger partial charge in [0, 0.05) is 12.1 Å². The molecule has 5 rings (SSSR count). The van der Waals surface area contributed by atoms with Crippen molar-refractivity contribution in [2.24, 2.45) is 29.6 Å². The minimum Gasteiger partial charge on any atom is -0.508 e. The summed E-state index contributed by atoms with van der Waals surface area (Å²) < 4.78 is 0. The topological polar surface area (TPSA) is 32.3 Å². The van der Waals surface area contributed by atoms with Crippen LogP contribution in [-0.2, 0) is 6.54 Å². The quantitative estimate of drug-likeness (QED) is 0.877. The summed E-state index contributed by atoms with van der Waals surface area (Å²) in [6.07, 6.45) is 7.52. The van der Waals surface area contributed by atoms with E-state index in [0.717, 1.165) is 48.2 Å². The summed E-state index contributed by atoms with van der Waals surface area (Å²) >= 11 is 0. The van der Waals surface area contributed by atoms with Gasteiger partial charge in [-0.3, -0.25) is 0 Å². The molecule has 0 unspecified atom stereocenters. The third-order valence-corrected chi connectivity index (χ3v) is 6.11. The van der Waals surface area contributed by atoms with Crippen LogP contribution in [0.3, 0.4) is 0 Å². The Morgan fingerprint density at radius 3 is 2.25 bits per heavy atom. The molecule has 1 aromatic rings. The summed E-state index contributed by atoms with van der Waals surface area (Å²) in [4.78, 5) is 0. The highest BCUT2D eigenvalue weighted by molar-refractivity contribution is 5.31. The number of phenolic OH excluding ortho intramolecular Hbond substituents is 1. The van der Waals surface area contributed by atoms with Gasteiger partial charge in [0.25, 0.3) is 0 Å². The van der Waals surface area contributed by atoms with E-state index in [1.807, 2.05) is 18.2 Å². The van der Waals surface area contributed by atoms with Crippen molar-refractivity contribution in [3.63, 3.8) is 0 Å². The van der Waals surface area contributed by atoms with E-state index in [1.54, 1.807) is 6.07 Å². The first kappa shape index (κ1) is 12.7. The summed E-state index contributed by atoms with van der Waals surface area (Å²) in [5, 5.41) is 13.4. The van der Waals surface area contributed by atoms with Gasteiger partial charge in [-0.1, -0.05) is 18.2 Å².